The molecule has 0 amide bonds. The minimum atomic E-state index is -1.69. The van der Waals surface area contributed by atoms with E-state index in [1.165, 1.54) is 0 Å². The molecule has 3 rings (SSSR count). The van der Waals surface area contributed by atoms with Crippen LogP contribution in [0.1, 0.15) is 30.0 Å². The van der Waals surface area contributed by atoms with Crippen molar-refractivity contribution in [1.29, 1.82) is 0 Å². The monoisotopic (exact) mass is 376 g/mol. The highest BCUT2D eigenvalue weighted by Gasteiger charge is 2.24. The van der Waals surface area contributed by atoms with Gasteiger partial charge in [0.2, 0.25) is 0 Å². The van der Waals surface area contributed by atoms with E-state index in [1.807, 2.05) is 72.8 Å². The predicted octanol–water partition coefficient (Wildman–Crippen LogP) is 3.48. The van der Waals surface area contributed by atoms with Crippen molar-refractivity contribution in [2.45, 2.75) is 33.0 Å². The summed E-state index contributed by atoms with van der Waals surface area (Å²) in [6.07, 6.45) is 1.82. The fraction of sp³-hybridized carbons (Fsp3) is 0.217. The molecule has 0 saturated heterocycles. The molecule has 0 aliphatic rings. The number of hydrogen-bond donors (Lipinski definition) is 2. The van der Waals surface area contributed by atoms with Crippen LogP contribution in [0.15, 0.2) is 72.8 Å². The topological polar surface area (TPSA) is 58.9 Å². The second-order valence-electron chi connectivity index (χ2n) is 6.68. The van der Waals surface area contributed by atoms with Crippen LogP contribution in [0.5, 0.6) is 11.5 Å². The van der Waals surface area contributed by atoms with E-state index in [1.54, 1.807) is 0 Å². The van der Waals surface area contributed by atoms with Gasteiger partial charge in [-0.3, -0.25) is 0 Å². The summed E-state index contributed by atoms with van der Waals surface area (Å²) in [4.78, 5) is 0. The first-order chi connectivity index (χ1) is 13.7. The fourth-order valence-electron chi connectivity index (χ4n) is 3.05. The molecule has 0 unspecified atom stereocenters. The van der Waals surface area contributed by atoms with Crippen LogP contribution in [-0.4, -0.2) is 17.2 Å². The smallest absolute Gasteiger partial charge is 0.489 e. The molecule has 0 aromatic heterocycles. The molecule has 0 atom stereocenters. The van der Waals surface area contributed by atoms with Crippen LogP contribution >= 0.6 is 0 Å². The van der Waals surface area contributed by atoms with E-state index < -0.39 is 7.12 Å². The van der Waals surface area contributed by atoms with Crippen molar-refractivity contribution in [3.63, 3.8) is 0 Å². The van der Waals surface area contributed by atoms with E-state index in [2.05, 4.69) is 6.92 Å². The third-order valence-corrected chi connectivity index (χ3v) is 4.44. The third-order valence-electron chi connectivity index (χ3n) is 4.44. The van der Waals surface area contributed by atoms with Crippen LogP contribution in [0.2, 0.25) is 0 Å². The molecule has 2 N–H and O–H groups in total. The number of aryl methyl sites for hydroxylation is 1. The Labute approximate surface area is 166 Å². The molecule has 0 radical (unpaired) electrons. The Bertz CT molecular complexity index is 802. The second kappa shape index (κ2) is 9.97. The molecule has 0 saturated carbocycles. The van der Waals surface area contributed by atoms with Gasteiger partial charge in [-0.15, -0.1) is 0 Å². The van der Waals surface area contributed by atoms with E-state index >= 15 is 0 Å². The Morgan fingerprint density at radius 2 is 1.18 bits per heavy atom. The normalized spacial score (nSPS) is 10.5. The predicted molar refractivity (Wildman–Crippen MR) is 112 cm³/mol. The Kier molecular flexibility index (Phi) is 7.12. The van der Waals surface area contributed by atoms with E-state index in [0.29, 0.717) is 24.7 Å². The molecule has 0 heterocycles. The Morgan fingerprint density at radius 1 is 0.714 bits per heavy atom. The number of benzene rings is 3. The van der Waals surface area contributed by atoms with Crippen LogP contribution in [0.25, 0.3) is 0 Å². The van der Waals surface area contributed by atoms with E-state index in [-0.39, 0.29) is 5.46 Å². The van der Waals surface area contributed by atoms with E-state index in [0.717, 1.165) is 29.5 Å². The molecule has 0 aliphatic heterocycles. The minimum absolute atomic E-state index is 0.256. The highest BCUT2D eigenvalue weighted by molar-refractivity contribution is 6.61. The summed E-state index contributed by atoms with van der Waals surface area (Å²) < 4.78 is 11.9. The second-order valence-corrected chi connectivity index (χ2v) is 6.68. The molecule has 144 valence electrons. The Morgan fingerprint density at radius 3 is 1.57 bits per heavy atom. The summed E-state index contributed by atoms with van der Waals surface area (Å²) in [5, 5.41) is 20.0. The van der Waals surface area contributed by atoms with Gasteiger partial charge in [0, 0.05) is 0 Å². The maximum atomic E-state index is 10.00. The van der Waals surface area contributed by atoms with Gasteiger partial charge >= 0.3 is 7.12 Å². The molecule has 0 aliphatic carbocycles. The van der Waals surface area contributed by atoms with Crippen LogP contribution in [0.3, 0.4) is 0 Å². The zero-order chi connectivity index (χ0) is 19.8. The first-order valence-electron chi connectivity index (χ1n) is 9.53. The highest BCUT2D eigenvalue weighted by Crippen LogP contribution is 2.24. The molecule has 28 heavy (non-hydrogen) atoms. The average Bonchev–Trinajstić information content (AvgIpc) is 2.72. The standard InChI is InChI=1S/C23H25BO4/c1-2-9-20-14-21(27-16-18-10-5-3-6-11-18)23(24(25)26)22(15-20)28-17-19-12-7-4-8-13-19/h3-8,10-15,25-26H,2,9,16-17H2,1H3. The summed E-state index contributed by atoms with van der Waals surface area (Å²) in [6, 6.07) is 23.3. The molecule has 3 aromatic rings. The molecule has 5 heteroatoms. The van der Waals surface area contributed by atoms with Crippen LogP contribution in [0, 0.1) is 0 Å². The van der Waals surface area contributed by atoms with Crippen molar-refractivity contribution in [3.8, 4) is 11.5 Å². The number of ether oxygens (including phenoxy) is 2. The number of rotatable bonds is 9. The van der Waals surface area contributed by atoms with Crippen LogP contribution < -0.4 is 14.9 Å². The summed E-state index contributed by atoms with van der Waals surface area (Å²) in [5.74, 6) is 0.876. The summed E-state index contributed by atoms with van der Waals surface area (Å²) >= 11 is 0. The lowest BCUT2D eigenvalue weighted by Gasteiger charge is -2.18. The van der Waals surface area contributed by atoms with Crippen LogP contribution in [-0.2, 0) is 19.6 Å². The summed E-state index contributed by atoms with van der Waals surface area (Å²) in [5.41, 5.74) is 3.31. The Hall–Kier alpha value is -2.76. The zero-order valence-corrected chi connectivity index (χ0v) is 16.0. The van der Waals surface area contributed by atoms with Crippen molar-refractivity contribution >= 4 is 12.6 Å². The first-order valence-corrected chi connectivity index (χ1v) is 9.53. The lowest BCUT2D eigenvalue weighted by Crippen LogP contribution is -2.33. The van der Waals surface area contributed by atoms with E-state index in [9.17, 15) is 10.0 Å². The van der Waals surface area contributed by atoms with Gasteiger partial charge in [-0.1, -0.05) is 74.0 Å². The average molecular weight is 376 g/mol. The van der Waals surface area contributed by atoms with Gasteiger partial charge in [-0.25, -0.2) is 0 Å². The van der Waals surface area contributed by atoms with E-state index in [4.69, 9.17) is 9.47 Å². The SMILES string of the molecule is CCCc1cc(OCc2ccccc2)c(B(O)O)c(OCc2ccccc2)c1. The van der Waals surface area contributed by atoms with Crippen LogP contribution in [0.4, 0.5) is 0 Å². The molecule has 3 aromatic carbocycles. The summed E-state index contributed by atoms with van der Waals surface area (Å²) in [7, 11) is -1.69. The van der Waals surface area contributed by atoms with Gasteiger partial charge in [0.25, 0.3) is 0 Å². The van der Waals surface area contributed by atoms with Crippen molar-refractivity contribution in [2.75, 3.05) is 0 Å². The first kappa shape index (κ1) is 20.0. The lowest BCUT2D eigenvalue weighted by atomic mass is 9.78. The van der Waals surface area contributed by atoms with Crippen molar-refractivity contribution < 1.29 is 19.5 Å². The van der Waals surface area contributed by atoms with Crippen molar-refractivity contribution in [2.24, 2.45) is 0 Å². The molecule has 0 bridgehead atoms. The quantitative estimate of drug-likeness (QED) is 0.562. The molecular weight excluding hydrogens is 351 g/mol. The maximum absolute atomic E-state index is 10.00. The Balaban J connectivity index is 1.88. The summed E-state index contributed by atoms with van der Waals surface area (Å²) in [6.45, 7) is 2.78. The lowest BCUT2D eigenvalue weighted by molar-refractivity contribution is 0.291. The molecule has 0 spiro atoms. The third kappa shape index (κ3) is 5.38. The molecule has 0 fully saturated rings. The van der Waals surface area contributed by atoms with Gasteiger partial charge in [-0.05, 0) is 35.2 Å². The maximum Gasteiger partial charge on any atom is 0.496 e. The van der Waals surface area contributed by atoms with Gasteiger partial charge in [0.1, 0.15) is 24.7 Å². The largest absolute Gasteiger partial charge is 0.496 e. The zero-order valence-electron chi connectivity index (χ0n) is 16.0. The van der Waals surface area contributed by atoms with Gasteiger partial charge in [0.05, 0.1) is 5.46 Å². The van der Waals surface area contributed by atoms with Gasteiger partial charge in [-0.2, -0.15) is 0 Å². The highest BCUT2D eigenvalue weighted by atomic mass is 16.5. The van der Waals surface area contributed by atoms with Gasteiger partial charge in [0.15, 0.2) is 0 Å². The molecular formula is C23H25BO4. The minimum Gasteiger partial charge on any atom is -0.489 e. The van der Waals surface area contributed by atoms with Crippen molar-refractivity contribution in [3.05, 3.63) is 89.5 Å². The van der Waals surface area contributed by atoms with Crippen molar-refractivity contribution in [1.82, 2.24) is 0 Å². The molecule has 4 nitrogen and oxygen atoms in total. The fourth-order valence-corrected chi connectivity index (χ4v) is 3.05. The number of hydrogen-bond acceptors (Lipinski definition) is 4. The van der Waals surface area contributed by atoms with Gasteiger partial charge < -0.3 is 19.5 Å².